The molecule has 0 aliphatic carbocycles. The van der Waals surface area contributed by atoms with Gasteiger partial charge in [0.25, 0.3) is 0 Å². The zero-order chi connectivity index (χ0) is 17.2. The molecule has 0 bridgehead atoms. The first-order valence-corrected chi connectivity index (χ1v) is 7.72. The van der Waals surface area contributed by atoms with Crippen molar-refractivity contribution >= 4 is 11.8 Å². The highest BCUT2D eigenvalue weighted by Crippen LogP contribution is 2.14. The second-order valence-corrected chi connectivity index (χ2v) is 5.02. The number of rotatable bonds is 9. The predicted octanol–water partition coefficient (Wildman–Crippen LogP) is 3.03. The van der Waals surface area contributed by atoms with Gasteiger partial charge < -0.3 is 14.2 Å². The molecule has 0 saturated heterocycles. The van der Waals surface area contributed by atoms with Crippen LogP contribution >= 0.6 is 0 Å². The Morgan fingerprint density at radius 3 is 2.29 bits per heavy atom. The number of ether oxygens (including phenoxy) is 3. The molecule has 0 N–H and O–H groups in total. The van der Waals surface area contributed by atoms with Crippen LogP contribution in [0, 0.1) is 0 Å². The summed E-state index contributed by atoms with van der Waals surface area (Å²) in [6.45, 7) is 2.09. The van der Waals surface area contributed by atoms with E-state index in [0.717, 1.165) is 5.56 Å². The summed E-state index contributed by atoms with van der Waals surface area (Å²) >= 11 is 0. The molecule has 0 unspecified atom stereocenters. The summed E-state index contributed by atoms with van der Waals surface area (Å²) in [7, 11) is 0. The van der Waals surface area contributed by atoms with Gasteiger partial charge in [0, 0.05) is 5.56 Å². The van der Waals surface area contributed by atoms with Crippen molar-refractivity contribution < 1.29 is 23.8 Å². The molecule has 2 aromatic rings. The normalized spacial score (nSPS) is 10.2. The largest absolute Gasteiger partial charge is 0.489 e. The first-order chi connectivity index (χ1) is 11.7. The summed E-state index contributed by atoms with van der Waals surface area (Å²) in [6.07, 6.45) is 0. The molecule has 2 aromatic carbocycles. The lowest BCUT2D eigenvalue weighted by Crippen LogP contribution is -2.17. The third-order valence-electron chi connectivity index (χ3n) is 3.18. The van der Waals surface area contributed by atoms with E-state index in [2.05, 4.69) is 0 Å². The fraction of sp³-hybridized carbons (Fsp3) is 0.263. The standard InChI is InChI=1S/C19H20O5/c1-2-23-19(21)14-22-13-18(20)16-8-10-17(11-9-16)24-12-15-6-4-3-5-7-15/h3-11H,2,12-14H2,1H3. The van der Waals surface area contributed by atoms with Crippen LogP contribution < -0.4 is 4.74 Å². The molecule has 24 heavy (non-hydrogen) atoms. The van der Waals surface area contributed by atoms with Crippen molar-refractivity contribution in [2.24, 2.45) is 0 Å². The molecule has 0 saturated carbocycles. The van der Waals surface area contributed by atoms with E-state index in [1.54, 1.807) is 31.2 Å². The molecule has 0 amide bonds. The van der Waals surface area contributed by atoms with Crippen LogP contribution in [0.25, 0.3) is 0 Å². The van der Waals surface area contributed by atoms with E-state index in [-0.39, 0.29) is 19.0 Å². The molecule has 0 aromatic heterocycles. The van der Waals surface area contributed by atoms with E-state index in [4.69, 9.17) is 14.2 Å². The summed E-state index contributed by atoms with van der Waals surface area (Å²) in [5, 5.41) is 0. The van der Waals surface area contributed by atoms with Crippen LogP contribution in [0.1, 0.15) is 22.8 Å². The van der Waals surface area contributed by atoms with Crippen molar-refractivity contribution in [3.8, 4) is 5.75 Å². The van der Waals surface area contributed by atoms with Crippen LogP contribution in [0.3, 0.4) is 0 Å². The maximum absolute atomic E-state index is 12.0. The highest BCUT2D eigenvalue weighted by Gasteiger charge is 2.08. The third-order valence-corrected chi connectivity index (χ3v) is 3.18. The summed E-state index contributed by atoms with van der Waals surface area (Å²) in [5.74, 6) is 0.00622. The van der Waals surface area contributed by atoms with Gasteiger partial charge in [-0.2, -0.15) is 0 Å². The van der Waals surface area contributed by atoms with Gasteiger partial charge in [-0.1, -0.05) is 30.3 Å². The molecule has 0 radical (unpaired) electrons. The van der Waals surface area contributed by atoms with Crippen molar-refractivity contribution in [2.45, 2.75) is 13.5 Å². The lowest BCUT2D eigenvalue weighted by Gasteiger charge is -2.07. The molecule has 0 atom stereocenters. The van der Waals surface area contributed by atoms with Gasteiger partial charge in [0.2, 0.25) is 0 Å². The number of benzene rings is 2. The minimum absolute atomic E-state index is 0.164. The average molecular weight is 328 g/mol. The van der Waals surface area contributed by atoms with Crippen LogP contribution in [0.15, 0.2) is 54.6 Å². The van der Waals surface area contributed by atoms with E-state index in [9.17, 15) is 9.59 Å². The molecule has 126 valence electrons. The van der Waals surface area contributed by atoms with Gasteiger partial charge in [-0.25, -0.2) is 4.79 Å². The Labute approximate surface area is 141 Å². The average Bonchev–Trinajstić information content (AvgIpc) is 2.61. The van der Waals surface area contributed by atoms with Crippen LogP contribution in [0.4, 0.5) is 0 Å². The second-order valence-electron chi connectivity index (χ2n) is 5.02. The van der Waals surface area contributed by atoms with Crippen molar-refractivity contribution in [3.05, 3.63) is 65.7 Å². The second kappa shape index (κ2) is 9.47. The molecule has 0 aliphatic rings. The number of carbonyl (C=O) groups is 2. The topological polar surface area (TPSA) is 61.8 Å². The first kappa shape index (κ1) is 17.7. The van der Waals surface area contributed by atoms with Crippen LogP contribution in [-0.4, -0.2) is 31.6 Å². The van der Waals surface area contributed by atoms with Crippen LogP contribution in [-0.2, 0) is 20.9 Å². The van der Waals surface area contributed by atoms with Gasteiger partial charge in [-0.05, 0) is 36.8 Å². The Kier molecular flexibility index (Phi) is 6.98. The van der Waals surface area contributed by atoms with E-state index < -0.39 is 5.97 Å². The smallest absolute Gasteiger partial charge is 0.332 e. The van der Waals surface area contributed by atoms with Gasteiger partial charge in [-0.15, -0.1) is 0 Å². The first-order valence-electron chi connectivity index (χ1n) is 7.72. The van der Waals surface area contributed by atoms with Crippen molar-refractivity contribution in [1.29, 1.82) is 0 Å². The van der Waals surface area contributed by atoms with Crippen LogP contribution in [0.5, 0.6) is 5.75 Å². The zero-order valence-corrected chi connectivity index (χ0v) is 13.6. The summed E-state index contributed by atoms with van der Waals surface area (Å²) in [6, 6.07) is 16.7. The molecule has 0 spiro atoms. The van der Waals surface area contributed by atoms with E-state index in [1.807, 2.05) is 30.3 Å². The zero-order valence-electron chi connectivity index (χ0n) is 13.6. The maximum Gasteiger partial charge on any atom is 0.332 e. The van der Waals surface area contributed by atoms with Crippen molar-refractivity contribution in [1.82, 2.24) is 0 Å². The number of carbonyl (C=O) groups excluding carboxylic acids is 2. The monoisotopic (exact) mass is 328 g/mol. The number of Topliss-reactive ketones (excluding diaryl/α,β-unsaturated/α-hetero) is 1. The number of esters is 1. The summed E-state index contributed by atoms with van der Waals surface area (Å²) in [5.41, 5.74) is 1.58. The van der Waals surface area contributed by atoms with Gasteiger partial charge in [0.05, 0.1) is 6.61 Å². The van der Waals surface area contributed by atoms with Crippen molar-refractivity contribution in [2.75, 3.05) is 19.8 Å². The molecule has 2 rings (SSSR count). The Hall–Kier alpha value is -2.66. The van der Waals surface area contributed by atoms with Gasteiger partial charge in [0.1, 0.15) is 25.6 Å². The quantitative estimate of drug-likeness (QED) is 0.523. The maximum atomic E-state index is 12.0. The van der Waals surface area contributed by atoms with E-state index in [0.29, 0.717) is 24.5 Å². The summed E-state index contributed by atoms with van der Waals surface area (Å²) in [4.78, 5) is 23.1. The highest BCUT2D eigenvalue weighted by atomic mass is 16.6. The van der Waals surface area contributed by atoms with E-state index in [1.165, 1.54) is 0 Å². The molecule has 5 nitrogen and oxygen atoms in total. The van der Waals surface area contributed by atoms with Crippen LogP contribution in [0.2, 0.25) is 0 Å². The Morgan fingerprint density at radius 2 is 1.62 bits per heavy atom. The third kappa shape index (κ3) is 5.85. The van der Waals surface area contributed by atoms with Gasteiger partial charge >= 0.3 is 5.97 Å². The molecular weight excluding hydrogens is 308 g/mol. The summed E-state index contributed by atoms with van der Waals surface area (Å²) < 4.78 is 15.4. The lowest BCUT2D eigenvalue weighted by atomic mass is 10.1. The number of ketones is 1. The lowest BCUT2D eigenvalue weighted by molar-refractivity contribution is -0.147. The van der Waals surface area contributed by atoms with Crippen molar-refractivity contribution in [3.63, 3.8) is 0 Å². The fourth-order valence-electron chi connectivity index (χ4n) is 1.99. The fourth-order valence-corrected chi connectivity index (χ4v) is 1.99. The Balaban J connectivity index is 1.78. The Bertz CT molecular complexity index is 649. The molecule has 0 heterocycles. The number of hydrogen-bond acceptors (Lipinski definition) is 5. The number of hydrogen-bond donors (Lipinski definition) is 0. The predicted molar refractivity (Wildman–Crippen MR) is 89.0 cm³/mol. The van der Waals surface area contributed by atoms with Gasteiger partial charge in [0.15, 0.2) is 5.78 Å². The minimum atomic E-state index is -0.477. The highest BCUT2D eigenvalue weighted by molar-refractivity contribution is 5.97. The SMILES string of the molecule is CCOC(=O)COCC(=O)c1ccc(OCc2ccccc2)cc1. The molecule has 0 aliphatic heterocycles. The van der Waals surface area contributed by atoms with E-state index >= 15 is 0 Å². The molecular formula is C19H20O5. The Morgan fingerprint density at radius 1 is 0.917 bits per heavy atom. The molecule has 5 heteroatoms. The van der Waals surface area contributed by atoms with Gasteiger partial charge in [-0.3, -0.25) is 4.79 Å². The molecule has 0 fully saturated rings. The minimum Gasteiger partial charge on any atom is -0.489 e.